The molecule has 5 N–H and O–H groups in total. The van der Waals surface area contributed by atoms with E-state index in [1.165, 1.54) is 42.9 Å². The van der Waals surface area contributed by atoms with Crippen molar-refractivity contribution in [3.63, 3.8) is 0 Å². The average Bonchev–Trinajstić information content (AvgIpc) is 3.29. The van der Waals surface area contributed by atoms with Crippen LogP contribution in [-0.2, 0) is 14.8 Å². The number of nitrogens with zero attached hydrogens (tertiary/aromatic N) is 2. The summed E-state index contributed by atoms with van der Waals surface area (Å²) in [5, 5.41) is 14.8. The van der Waals surface area contributed by atoms with Crippen molar-refractivity contribution < 1.29 is 27.9 Å². The maximum atomic E-state index is 12.8. The Morgan fingerprint density at radius 3 is 2.59 bits per heavy atom. The Kier molecular flexibility index (Phi) is 7.86. The van der Waals surface area contributed by atoms with Crippen molar-refractivity contribution in [1.82, 2.24) is 20.3 Å². The van der Waals surface area contributed by atoms with Gasteiger partial charge >= 0.3 is 0 Å². The predicted molar refractivity (Wildman–Crippen MR) is 136 cm³/mol. The molecular formula is C23H21ClN6O6S. The number of amides is 2. The van der Waals surface area contributed by atoms with Crippen LogP contribution in [-0.4, -0.2) is 60.0 Å². The van der Waals surface area contributed by atoms with Gasteiger partial charge in [0, 0.05) is 41.6 Å². The van der Waals surface area contributed by atoms with Crippen molar-refractivity contribution >= 4 is 55.8 Å². The third-order valence-electron chi connectivity index (χ3n) is 4.94. The quantitative estimate of drug-likeness (QED) is 0.202. The van der Waals surface area contributed by atoms with Crippen molar-refractivity contribution in [2.75, 3.05) is 29.8 Å². The van der Waals surface area contributed by atoms with Crippen LogP contribution in [0.4, 0.5) is 11.5 Å². The third-order valence-corrected chi connectivity index (χ3v) is 6.60. The molecule has 192 valence electrons. The number of rotatable bonds is 10. The summed E-state index contributed by atoms with van der Waals surface area (Å²) in [5.74, 6) is -0.557. The zero-order chi connectivity index (χ0) is 26.4. The third kappa shape index (κ3) is 6.52. The van der Waals surface area contributed by atoms with E-state index in [0.29, 0.717) is 16.6 Å². The second kappa shape index (κ2) is 11.2. The van der Waals surface area contributed by atoms with Gasteiger partial charge < -0.3 is 25.5 Å². The average molecular weight is 545 g/mol. The molecule has 0 aliphatic carbocycles. The van der Waals surface area contributed by atoms with E-state index in [1.54, 1.807) is 18.2 Å². The number of aliphatic hydroxyl groups is 1. The highest BCUT2D eigenvalue weighted by atomic mass is 35.5. The van der Waals surface area contributed by atoms with Crippen LogP contribution in [0.25, 0.3) is 10.9 Å². The standard InChI is InChI=1S/C23H21ClN6O6S/c24-17-9-14-10-19(29-18(14)11-20(17)36-13-22(32)27-7-8-31)23(33)28-15-1-3-16(4-2-15)37(34,35)30-21-12-25-5-6-26-21/h1-6,9-12,29,31H,7-8,13H2,(H,26,30)(H,27,32)(H,28,33). The molecule has 2 aromatic heterocycles. The summed E-state index contributed by atoms with van der Waals surface area (Å²) in [4.78, 5) is 35.1. The Hall–Kier alpha value is -4.20. The smallest absolute Gasteiger partial charge is 0.272 e. The van der Waals surface area contributed by atoms with Crippen LogP contribution in [0.2, 0.25) is 5.02 Å². The minimum absolute atomic E-state index is 0.0195. The van der Waals surface area contributed by atoms with Crippen LogP contribution in [0.5, 0.6) is 5.75 Å². The maximum absolute atomic E-state index is 12.8. The van der Waals surface area contributed by atoms with Gasteiger partial charge in [0.2, 0.25) is 0 Å². The first-order valence-electron chi connectivity index (χ1n) is 10.8. The lowest BCUT2D eigenvalue weighted by molar-refractivity contribution is -0.123. The molecule has 4 rings (SSSR count). The lowest BCUT2D eigenvalue weighted by atomic mass is 10.2. The van der Waals surface area contributed by atoms with Crippen molar-refractivity contribution in [1.29, 1.82) is 0 Å². The Morgan fingerprint density at radius 2 is 1.89 bits per heavy atom. The van der Waals surface area contributed by atoms with Crippen LogP contribution >= 0.6 is 11.6 Å². The SMILES string of the molecule is O=C(COc1cc2[nH]c(C(=O)Nc3ccc(S(=O)(=O)Nc4cnccn4)cc3)cc2cc1Cl)NCCO. The lowest BCUT2D eigenvalue weighted by Crippen LogP contribution is -2.31. The Bertz CT molecular complexity index is 1530. The van der Waals surface area contributed by atoms with E-state index in [2.05, 4.69) is 30.3 Å². The molecule has 0 saturated heterocycles. The fraction of sp³-hybridized carbons (Fsp3) is 0.130. The molecule has 2 amide bonds. The summed E-state index contributed by atoms with van der Waals surface area (Å²) in [7, 11) is -3.88. The molecular weight excluding hydrogens is 524 g/mol. The van der Waals surface area contributed by atoms with Crippen molar-refractivity contribution in [2.45, 2.75) is 4.90 Å². The molecule has 0 unspecified atom stereocenters. The number of hydrogen-bond donors (Lipinski definition) is 5. The Balaban J connectivity index is 1.43. The van der Waals surface area contributed by atoms with Gasteiger partial charge in [-0.25, -0.2) is 13.4 Å². The Labute approximate surface area is 216 Å². The van der Waals surface area contributed by atoms with Crippen molar-refractivity contribution in [2.24, 2.45) is 0 Å². The number of carbonyl (C=O) groups is 2. The number of nitrogens with one attached hydrogen (secondary N) is 4. The van der Waals surface area contributed by atoms with Gasteiger partial charge in [0.05, 0.1) is 22.7 Å². The molecule has 0 aliphatic heterocycles. The minimum Gasteiger partial charge on any atom is -0.482 e. The number of H-pyrrole nitrogens is 1. The largest absolute Gasteiger partial charge is 0.482 e. The Morgan fingerprint density at radius 1 is 1.11 bits per heavy atom. The monoisotopic (exact) mass is 544 g/mol. The number of aliphatic hydroxyl groups excluding tert-OH is 1. The number of halogens is 1. The highest BCUT2D eigenvalue weighted by molar-refractivity contribution is 7.92. The molecule has 0 spiro atoms. The van der Waals surface area contributed by atoms with Gasteiger partial charge in [-0.15, -0.1) is 0 Å². The molecule has 14 heteroatoms. The summed E-state index contributed by atoms with van der Waals surface area (Å²) in [5.41, 5.74) is 1.15. The first-order valence-corrected chi connectivity index (χ1v) is 12.6. The highest BCUT2D eigenvalue weighted by Crippen LogP contribution is 2.30. The van der Waals surface area contributed by atoms with Gasteiger partial charge in [-0.3, -0.25) is 19.3 Å². The van der Waals surface area contributed by atoms with Gasteiger partial charge in [-0.05, 0) is 36.4 Å². The normalized spacial score (nSPS) is 11.2. The number of fused-ring (bicyclic) bond motifs is 1. The number of aromatic nitrogens is 3. The summed E-state index contributed by atoms with van der Waals surface area (Å²) in [6.45, 7) is -0.363. The number of anilines is 2. The fourth-order valence-corrected chi connectivity index (χ4v) is 4.44. The number of aromatic amines is 1. The zero-order valence-corrected chi connectivity index (χ0v) is 20.6. The first-order chi connectivity index (χ1) is 17.7. The van der Waals surface area contributed by atoms with Crippen LogP contribution in [0.15, 0.2) is 66.0 Å². The number of benzene rings is 2. The second-order valence-electron chi connectivity index (χ2n) is 7.59. The molecule has 2 aromatic carbocycles. The molecule has 0 fully saturated rings. The maximum Gasteiger partial charge on any atom is 0.272 e. The van der Waals surface area contributed by atoms with Crippen LogP contribution in [0.3, 0.4) is 0 Å². The zero-order valence-electron chi connectivity index (χ0n) is 19.1. The van der Waals surface area contributed by atoms with E-state index >= 15 is 0 Å². The first kappa shape index (κ1) is 25.9. The van der Waals surface area contributed by atoms with Gasteiger partial charge in [0.15, 0.2) is 12.4 Å². The molecule has 0 bridgehead atoms. The summed E-state index contributed by atoms with van der Waals surface area (Å²) in [6.07, 6.45) is 4.07. The van der Waals surface area contributed by atoms with Crippen LogP contribution in [0.1, 0.15) is 10.5 Å². The molecule has 0 aliphatic rings. The van der Waals surface area contributed by atoms with E-state index in [9.17, 15) is 18.0 Å². The van der Waals surface area contributed by atoms with E-state index < -0.39 is 21.8 Å². The van der Waals surface area contributed by atoms with Crippen molar-refractivity contribution in [3.05, 3.63) is 71.8 Å². The summed E-state index contributed by atoms with van der Waals surface area (Å²) >= 11 is 6.24. The summed E-state index contributed by atoms with van der Waals surface area (Å²) in [6, 6.07) is 10.4. The topological polar surface area (TPSA) is 175 Å². The minimum atomic E-state index is -3.88. The fourth-order valence-electron chi connectivity index (χ4n) is 3.22. The van der Waals surface area contributed by atoms with Gasteiger partial charge in [-0.2, -0.15) is 0 Å². The molecule has 0 saturated carbocycles. The number of hydrogen-bond acceptors (Lipinski definition) is 8. The predicted octanol–water partition coefficient (Wildman–Crippen LogP) is 2.15. The number of ether oxygens (including phenoxy) is 1. The van der Waals surface area contributed by atoms with E-state index in [-0.39, 0.29) is 46.9 Å². The van der Waals surface area contributed by atoms with Gasteiger partial charge in [-0.1, -0.05) is 11.6 Å². The summed E-state index contributed by atoms with van der Waals surface area (Å²) < 4.78 is 32.8. The van der Waals surface area contributed by atoms with Gasteiger partial charge in [0.1, 0.15) is 11.4 Å². The van der Waals surface area contributed by atoms with Gasteiger partial charge in [0.25, 0.3) is 21.8 Å². The van der Waals surface area contributed by atoms with E-state index in [4.69, 9.17) is 21.4 Å². The number of sulfonamides is 1. The molecule has 12 nitrogen and oxygen atoms in total. The molecule has 0 radical (unpaired) electrons. The molecule has 37 heavy (non-hydrogen) atoms. The lowest BCUT2D eigenvalue weighted by Gasteiger charge is -2.08. The van der Waals surface area contributed by atoms with Crippen LogP contribution in [0, 0.1) is 0 Å². The van der Waals surface area contributed by atoms with Crippen molar-refractivity contribution in [3.8, 4) is 5.75 Å². The second-order valence-corrected chi connectivity index (χ2v) is 9.68. The van der Waals surface area contributed by atoms with E-state index in [0.717, 1.165) is 0 Å². The van der Waals surface area contributed by atoms with E-state index in [1.807, 2.05) is 0 Å². The molecule has 2 heterocycles. The molecule has 0 atom stereocenters. The van der Waals surface area contributed by atoms with Crippen LogP contribution < -0.4 is 20.1 Å². The molecule has 4 aromatic rings. The number of carbonyl (C=O) groups excluding carboxylic acids is 2. The highest BCUT2D eigenvalue weighted by Gasteiger charge is 2.17.